The third-order valence-electron chi connectivity index (χ3n) is 1.81. The van der Waals surface area contributed by atoms with Crippen LogP contribution in [-0.4, -0.2) is 34.2 Å². The number of thioether (sulfide) groups is 1. The van der Waals surface area contributed by atoms with E-state index in [-0.39, 0.29) is 5.97 Å². The van der Waals surface area contributed by atoms with Crippen LogP contribution in [0.4, 0.5) is 0 Å². The van der Waals surface area contributed by atoms with Crippen LogP contribution in [0.2, 0.25) is 0 Å². The Bertz CT molecular complexity index is 217. The van der Waals surface area contributed by atoms with Crippen molar-refractivity contribution in [2.75, 3.05) is 5.75 Å². The zero-order valence-electron chi connectivity index (χ0n) is 8.65. The number of ether oxygens (including phenoxy) is 2. The molecule has 82 valence electrons. The van der Waals surface area contributed by atoms with Gasteiger partial charge in [0.2, 0.25) is 5.79 Å². The summed E-state index contributed by atoms with van der Waals surface area (Å²) in [5, 5.41) is 9.47. The van der Waals surface area contributed by atoms with Crippen LogP contribution in [-0.2, 0) is 14.3 Å². The van der Waals surface area contributed by atoms with Gasteiger partial charge in [0, 0.05) is 20.3 Å². The normalized spacial score (nSPS) is 27.4. The Kier molecular flexibility index (Phi) is 3.80. The van der Waals surface area contributed by atoms with Gasteiger partial charge in [0.1, 0.15) is 5.44 Å². The van der Waals surface area contributed by atoms with Crippen LogP contribution >= 0.6 is 11.8 Å². The first kappa shape index (κ1) is 11.8. The summed E-state index contributed by atoms with van der Waals surface area (Å²) in [6.45, 7) is 5.32. The van der Waals surface area contributed by atoms with Crippen molar-refractivity contribution in [1.29, 1.82) is 0 Å². The fourth-order valence-corrected chi connectivity index (χ4v) is 2.01. The molecule has 5 heteroatoms. The number of esters is 1. The maximum atomic E-state index is 11.3. The molecule has 1 rings (SSSR count). The SMILES string of the molecule is CCSC(O)C[C@H]1OC(C)(C)OC1=O. The molecule has 0 aromatic heterocycles. The molecule has 1 fully saturated rings. The number of rotatable bonds is 4. The van der Waals surface area contributed by atoms with E-state index in [9.17, 15) is 9.90 Å². The third-order valence-corrected chi connectivity index (χ3v) is 2.72. The van der Waals surface area contributed by atoms with Gasteiger partial charge in [0.25, 0.3) is 0 Å². The lowest BCUT2D eigenvalue weighted by Gasteiger charge is -2.16. The van der Waals surface area contributed by atoms with Gasteiger partial charge < -0.3 is 14.6 Å². The number of cyclic esters (lactones) is 1. The molecule has 0 aliphatic carbocycles. The second kappa shape index (κ2) is 4.51. The molecule has 14 heavy (non-hydrogen) atoms. The molecule has 1 aliphatic rings. The predicted molar refractivity (Wildman–Crippen MR) is 53.8 cm³/mol. The first-order valence-corrected chi connectivity index (χ1v) is 5.70. The van der Waals surface area contributed by atoms with Crippen molar-refractivity contribution in [2.45, 2.75) is 44.5 Å². The maximum absolute atomic E-state index is 11.3. The number of aliphatic hydroxyl groups is 1. The number of hydrogen-bond acceptors (Lipinski definition) is 5. The van der Waals surface area contributed by atoms with Crippen molar-refractivity contribution in [3.8, 4) is 0 Å². The highest BCUT2D eigenvalue weighted by Crippen LogP contribution is 2.27. The predicted octanol–water partition coefficient (Wildman–Crippen LogP) is 1.13. The van der Waals surface area contributed by atoms with Gasteiger partial charge in [-0.3, -0.25) is 0 Å². The van der Waals surface area contributed by atoms with Crippen molar-refractivity contribution >= 4 is 17.7 Å². The first-order chi connectivity index (χ1) is 6.44. The highest BCUT2D eigenvalue weighted by Gasteiger charge is 2.41. The maximum Gasteiger partial charge on any atom is 0.338 e. The molecule has 0 aromatic carbocycles. The Morgan fingerprint density at radius 1 is 1.64 bits per heavy atom. The third kappa shape index (κ3) is 3.15. The lowest BCUT2D eigenvalue weighted by atomic mass is 10.3. The van der Waals surface area contributed by atoms with Crippen molar-refractivity contribution in [3.05, 3.63) is 0 Å². The fraction of sp³-hybridized carbons (Fsp3) is 0.889. The highest BCUT2D eigenvalue weighted by molar-refractivity contribution is 7.99. The number of aliphatic hydroxyl groups excluding tert-OH is 1. The second-order valence-electron chi connectivity index (χ2n) is 3.57. The van der Waals surface area contributed by atoms with E-state index in [1.165, 1.54) is 11.8 Å². The fourth-order valence-electron chi connectivity index (χ4n) is 1.31. The standard InChI is InChI=1S/C9H16O4S/c1-4-14-7(10)5-6-8(11)13-9(2,3)12-6/h6-7,10H,4-5H2,1-3H3/t6-,7?/m1/s1. The quantitative estimate of drug-likeness (QED) is 0.568. The molecule has 0 bridgehead atoms. The van der Waals surface area contributed by atoms with E-state index < -0.39 is 17.3 Å². The van der Waals surface area contributed by atoms with Crippen molar-refractivity contribution in [1.82, 2.24) is 0 Å². The van der Waals surface area contributed by atoms with E-state index in [4.69, 9.17) is 9.47 Å². The molecule has 0 radical (unpaired) electrons. The molecular formula is C9H16O4S. The van der Waals surface area contributed by atoms with E-state index in [1.54, 1.807) is 13.8 Å². The lowest BCUT2D eigenvalue weighted by Crippen LogP contribution is -2.24. The number of carbonyl (C=O) groups is 1. The largest absolute Gasteiger partial charge is 0.432 e. The molecule has 1 heterocycles. The zero-order chi connectivity index (χ0) is 10.8. The molecule has 2 atom stereocenters. The summed E-state index contributed by atoms with van der Waals surface area (Å²) in [7, 11) is 0. The molecule has 0 amide bonds. The Morgan fingerprint density at radius 3 is 2.71 bits per heavy atom. The van der Waals surface area contributed by atoms with Crippen LogP contribution in [0.25, 0.3) is 0 Å². The lowest BCUT2D eigenvalue weighted by molar-refractivity contribution is -0.161. The van der Waals surface area contributed by atoms with Gasteiger partial charge in [-0.05, 0) is 5.75 Å². The van der Waals surface area contributed by atoms with Gasteiger partial charge >= 0.3 is 5.97 Å². The van der Waals surface area contributed by atoms with Crippen LogP contribution in [0.5, 0.6) is 0 Å². The van der Waals surface area contributed by atoms with E-state index in [2.05, 4.69) is 0 Å². The monoisotopic (exact) mass is 220 g/mol. The van der Waals surface area contributed by atoms with Gasteiger partial charge in [-0.1, -0.05) is 6.92 Å². The molecule has 4 nitrogen and oxygen atoms in total. The summed E-state index contributed by atoms with van der Waals surface area (Å²) in [5.41, 5.74) is -0.563. The Balaban J connectivity index is 2.43. The van der Waals surface area contributed by atoms with Crippen molar-refractivity contribution < 1.29 is 19.4 Å². The average molecular weight is 220 g/mol. The topological polar surface area (TPSA) is 55.8 Å². The molecule has 0 aromatic rings. The van der Waals surface area contributed by atoms with Crippen molar-refractivity contribution in [2.24, 2.45) is 0 Å². The minimum Gasteiger partial charge on any atom is -0.432 e. The van der Waals surface area contributed by atoms with Crippen LogP contribution in [0.1, 0.15) is 27.2 Å². The van der Waals surface area contributed by atoms with E-state index in [1.807, 2.05) is 6.92 Å². The molecule has 1 N–H and O–H groups in total. The van der Waals surface area contributed by atoms with Gasteiger partial charge in [-0.15, -0.1) is 11.8 Å². The van der Waals surface area contributed by atoms with Crippen LogP contribution < -0.4 is 0 Å². The minimum absolute atomic E-state index is 0.292. The molecule has 0 spiro atoms. The Hall–Kier alpha value is -0.260. The van der Waals surface area contributed by atoms with Crippen LogP contribution in [0.3, 0.4) is 0 Å². The Morgan fingerprint density at radius 2 is 2.29 bits per heavy atom. The molecule has 1 saturated heterocycles. The molecule has 1 aliphatic heterocycles. The second-order valence-corrected chi connectivity index (χ2v) is 5.03. The van der Waals surface area contributed by atoms with E-state index in [0.717, 1.165) is 5.75 Å². The van der Waals surface area contributed by atoms with Crippen molar-refractivity contribution in [3.63, 3.8) is 0 Å². The highest BCUT2D eigenvalue weighted by atomic mass is 32.2. The van der Waals surface area contributed by atoms with E-state index >= 15 is 0 Å². The van der Waals surface area contributed by atoms with Crippen LogP contribution in [0.15, 0.2) is 0 Å². The average Bonchev–Trinajstić information content (AvgIpc) is 2.25. The van der Waals surface area contributed by atoms with Gasteiger partial charge in [-0.2, -0.15) is 0 Å². The summed E-state index contributed by atoms with van der Waals surface area (Å²) in [6, 6.07) is 0. The summed E-state index contributed by atoms with van der Waals surface area (Å²) < 4.78 is 10.3. The summed E-state index contributed by atoms with van der Waals surface area (Å²) in [4.78, 5) is 11.3. The van der Waals surface area contributed by atoms with Crippen LogP contribution in [0, 0.1) is 0 Å². The van der Waals surface area contributed by atoms with Gasteiger partial charge in [0.15, 0.2) is 6.10 Å². The zero-order valence-corrected chi connectivity index (χ0v) is 9.47. The Labute approximate surface area is 88.0 Å². The van der Waals surface area contributed by atoms with Gasteiger partial charge in [0.05, 0.1) is 0 Å². The molecular weight excluding hydrogens is 204 g/mol. The molecule has 1 unspecified atom stereocenters. The minimum atomic E-state index is -0.849. The summed E-state index contributed by atoms with van der Waals surface area (Å²) >= 11 is 1.39. The van der Waals surface area contributed by atoms with Gasteiger partial charge in [-0.25, -0.2) is 4.79 Å². The van der Waals surface area contributed by atoms with E-state index in [0.29, 0.717) is 6.42 Å². The first-order valence-electron chi connectivity index (χ1n) is 4.65. The summed E-state index contributed by atoms with van der Waals surface area (Å²) in [6.07, 6.45) is -0.333. The number of carbonyl (C=O) groups excluding carboxylic acids is 1. The smallest absolute Gasteiger partial charge is 0.338 e. The summed E-state index contributed by atoms with van der Waals surface area (Å²) in [5.74, 6) is -0.421. The number of hydrogen-bond donors (Lipinski definition) is 1. The molecule has 0 saturated carbocycles.